The number of carbonyl (C=O) groups excluding carboxylic acids is 3. The molecular formula is C77H126O6. The smallest absolute Gasteiger partial charge is 0.306 e. The van der Waals surface area contributed by atoms with Crippen molar-refractivity contribution in [3.8, 4) is 0 Å². The van der Waals surface area contributed by atoms with Gasteiger partial charge >= 0.3 is 17.9 Å². The third-order valence-electron chi connectivity index (χ3n) is 14.3. The van der Waals surface area contributed by atoms with Gasteiger partial charge in [0.2, 0.25) is 0 Å². The maximum Gasteiger partial charge on any atom is 0.306 e. The van der Waals surface area contributed by atoms with E-state index in [2.05, 4.69) is 167 Å². The molecule has 0 heterocycles. The first-order valence-electron chi connectivity index (χ1n) is 34.3. The van der Waals surface area contributed by atoms with E-state index in [1.807, 2.05) is 0 Å². The van der Waals surface area contributed by atoms with Crippen LogP contribution in [0.25, 0.3) is 0 Å². The first-order chi connectivity index (χ1) is 41.0. The van der Waals surface area contributed by atoms with Crippen LogP contribution in [-0.4, -0.2) is 37.2 Å². The van der Waals surface area contributed by atoms with E-state index in [9.17, 15) is 14.4 Å². The topological polar surface area (TPSA) is 78.9 Å². The molecule has 0 aromatic rings. The van der Waals surface area contributed by atoms with Gasteiger partial charge in [-0.15, -0.1) is 0 Å². The molecule has 0 bridgehead atoms. The number of hydrogen-bond acceptors (Lipinski definition) is 6. The van der Waals surface area contributed by atoms with Gasteiger partial charge in [0.05, 0.1) is 0 Å². The van der Waals surface area contributed by atoms with Crippen molar-refractivity contribution in [1.29, 1.82) is 0 Å². The highest BCUT2D eigenvalue weighted by Gasteiger charge is 2.19. The summed E-state index contributed by atoms with van der Waals surface area (Å²) in [7, 11) is 0. The molecule has 0 saturated carbocycles. The number of ether oxygens (including phenoxy) is 3. The zero-order chi connectivity index (χ0) is 59.9. The number of esters is 3. The molecule has 0 aliphatic carbocycles. The van der Waals surface area contributed by atoms with E-state index in [0.29, 0.717) is 19.3 Å². The summed E-state index contributed by atoms with van der Waals surface area (Å²) in [5.41, 5.74) is 0. The van der Waals surface area contributed by atoms with Gasteiger partial charge in [0.15, 0.2) is 6.10 Å². The van der Waals surface area contributed by atoms with E-state index in [4.69, 9.17) is 14.2 Å². The van der Waals surface area contributed by atoms with Crippen molar-refractivity contribution in [2.45, 2.75) is 309 Å². The highest BCUT2D eigenvalue weighted by atomic mass is 16.6. The lowest BCUT2D eigenvalue weighted by atomic mass is 10.1. The minimum absolute atomic E-state index is 0.0950. The van der Waals surface area contributed by atoms with E-state index >= 15 is 0 Å². The third-order valence-corrected chi connectivity index (χ3v) is 14.3. The summed E-state index contributed by atoms with van der Waals surface area (Å²) in [6, 6.07) is 0. The fraction of sp³-hybridized carbons (Fsp3) is 0.649. The molecule has 6 heteroatoms. The molecule has 0 aromatic heterocycles. The third kappa shape index (κ3) is 68.0. The largest absolute Gasteiger partial charge is 0.462 e. The second-order valence-electron chi connectivity index (χ2n) is 22.3. The van der Waals surface area contributed by atoms with Gasteiger partial charge in [-0.25, -0.2) is 0 Å². The maximum absolute atomic E-state index is 12.9. The molecule has 1 unspecified atom stereocenters. The number of rotatable bonds is 61. The van der Waals surface area contributed by atoms with Crippen LogP contribution < -0.4 is 0 Å². The molecule has 6 nitrogen and oxygen atoms in total. The molecule has 0 fully saturated rings. The van der Waals surface area contributed by atoms with E-state index in [1.165, 1.54) is 116 Å². The first kappa shape index (κ1) is 78.3. The van der Waals surface area contributed by atoms with Gasteiger partial charge in [0.1, 0.15) is 13.2 Å². The van der Waals surface area contributed by atoms with E-state index < -0.39 is 6.10 Å². The number of carbonyl (C=O) groups is 3. The minimum atomic E-state index is -0.800. The normalized spacial score (nSPS) is 13.0. The van der Waals surface area contributed by atoms with Crippen LogP contribution in [0.1, 0.15) is 303 Å². The summed E-state index contributed by atoms with van der Waals surface area (Å²) in [6.45, 7) is 6.48. The standard InChI is InChI=1S/C77H126O6/c1-4-7-10-13-16-19-22-25-27-29-31-32-33-34-35-36-37-38-39-40-41-42-43-44-45-46-47-49-50-52-55-58-61-64-67-70-76(79)82-73-74(72-81-75(78)69-66-63-60-57-54-24-21-18-15-12-9-6-3)83-77(80)71-68-65-62-59-56-53-51-48-30-28-26-23-20-17-14-11-8-5-2/h7,10,16,18-19,21,25,27-28,30-32,34-35,37-38,40-41,43-44,46-47,50,52,74H,4-6,8-9,11-15,17,20,22-24,26,29,33,36,39,42,45,48-49,51,53-73H2,1-3H3/b10-7-,19-16-,21-18-,27-25-,30-28-,32-31-,35-34-,38-37-,41-40-,44-43-,47-46-,52-50-. The predicted molar refractivity (Wildman–Crippen MR) is 362 cm³/mol. The van der Waals surface area contributed by atoms with Gasteiger partial charge in [0, 0.05) is 19.3 Å². The molecule has 0 aromatic carbocycles. The second kappa shape index (κ2) is 69.8. The molecule has 83 heavy (non-hydrogen) atoms. The van der Waals surface area contributed by atoms with Crippen molar-refractivity contribution in [2.24, 2.45) is 0 Å². The van der Waals surface area contributed by atoms with Crippen LogP contribution >= 0.6 is 0 Å². The molecule has 0 amide bonds. The van der Waals surface area contributed by atoms with Crippen molar-refractivity contribution in [2.75, 3.05) is 13.2 Å². The molecule has 0 saturated heterocycles. The average molecular weight is 1150 g/mol. The SMILES string of the molecule is CC/C=C\C/C=C\C/C=C\C/C=C\C/C=C\C/C=C\C/C=C\C/C=C\C/C=C\C/C=C\CCCCCCC(=O)OCC(COC(=O)CCCCCCC/C=C\CCCCC)OC(=O)CCCCCCCCC/C=C\CCCCCCCCC. The Labute approximate surface area is 512 Å². The Morgan fingerprint density at radius 3 is 0.771 bits per heavy atom. The summed E-state index contributed by atoms with van der Waals surface area (Å²) in [5, 5.41) is 0. The molecule has 0 radical (unpaired) electrons. The lowest BCUT2D eigenvalue weighted by Crippen LogP contribution is -2.30. The molecule has 0 spiro atoms. The Hall–Kier alpha value is -4.71. The molecule has 0 aliphatic heterocycles. The Bertz CT molecular complexity index is 1800. The van der Waals surface area contributed by atoms with Crippen molar-refractivity contribution in [3.05, 3.63) is 146 Å². The zero-order valence-corrected chi connectivity index (χ0v) is 53.9. The van der Waals surface area contributed by atoms with Crippen molar-refractivity contribution in [3.63, 3.8) is 0 Å². The lowest BCUT2D eigenvalue weighted by molar-refractivity contribution is -0.167. The fourth-order valence-corrected chi connectivity index (χ4v) is 9.17. The number of unbranched alkanes of at least 4 members (excludes halogenated alkanes) is 26. The second-order valence-corrected chi connectivity index (χ2v) is 22.3. The molecule has 1 atom stereocenters. The maximum atomic E-state index is 12.9. The monoisotopic (exact) mass is 1150 g/mol. The Morgan fingerprint density at radius 2 is 0.470 bits per heavy atom. The molecule has 470 valence electrons. The van der Waals surface area contributed by atoms with Crippen LogP contribution in [-0.2, 0) is 28.6 Å². The predicted octanol–water partition coefficient (Wildman–Crippen LogP) is 23.9. The van der Waals surface area contributed by atoms with Gasteiger partial charge in [-0.3, -0.25) is 14.4 Å². The van der Waals surface area contributed by atoms with Crippen molar-refractivity contribution in [1.82, 2.24) is 0 Å². The van der Waals surface area contributed by atoms with Gasteiger partial charge in [0.25, 0.3) is 0 Å². The van der Waals surface area contributed by atoms with Gasteiger partial charge in [-0.2, -0.15) is 0 Å². The van der Waals surface area contributed by atoms with Gasteiger partial charge < -0.3 is 14.2 Å². The van der Waals surface area contributed by atoms with E-state index in [0.717, 1.165) is 148 Å². The van der Waals surface area contributed by atoms with E-state index in [1.54, 1.807) is 0 Å². The van der Waals surface area contributed by atoms with Crippen LogP contribution in [0, 0.1) is 0 Å². The first-order valence-corrected chi connectivity index (χ1v) is 34.3. The summed E-state index contributed by atoms with van der Waals surface area (Å²) in [4.78, 5) is 38.3. The van der Waals surface area contributed by atoms with Crippen LogP contribution in [0.5, 0.6) is 0 Å². The van der Waals surface area contributed by atoms with Crippen LogP contribution in [0.15, 0.2) is 146 Å². The lowest BCUT2D eigenvalue weighted by Gasteiger charge is -2.18. The Morgan fingerprint density at radius 1 is 0.253 bits per heavy atom. The molecule has 0 rings (SSSR count). The van der Waals surface area contributed by atoms with Gasteiger partial charge in [-0.05, 0) is 148 Å². The summed E-state index contributed by atoms with van der Waals surface area (Å²) < 4.78 is 16.9. The summed E-state index contributed by atoms with van der Waals surface area (Å²) in [5.74, 6) is -0.931. The fourth-order valence-electron chi connectivity index (χ4n) is 9.17. The zero-order valence-electron chi connectivity index (χ0n) is 53.9. The molecule has 0 aliphatic rings. The highest BCUT2D eigenvalue weighted by Crippen LogP contribution is 2.15. The van der Waals surface area contributed by atoms with E-state index in [-0.39, 0.29) is 31.1 Å². The van der Waals surface area contributed by atoms with Crippen molar-refractivity contribution >= 4 is 17.9 Å². The van der Waals surface area contributed by atoms with Gasteiger partial charge in [-0.1, -0.05) is 282 Å². The average Bonchev–Trinajstić information content (AvgIpc) is 3.49. The number of allylic oxidation sites excluding steroid dienone is 24. The quantitative estimate of drug-likeness (QED) is 0.0261. The Kier molecular flexibility index (Phi) is 65.8. The Balaban J connectivity index is 4.33. The summed E-state index contributed by atoms with van der Waals surface area (Å²) >= 11 is 0. The van der Waals surface area contributed by atoms with Crippen LogP contribution in [0.4, 0.5) is 0 Å². The molecule has 0 N–H and O–H groups in total. The molecular weight excluding hydrogens is 1020 g/mol. The highest BCUT2D eigenvalue weighted by molar-refractivity contribution is 5.71. The van der Waals surface area contributed by atoms with Crippen LogP contribution in [0.3, 0.4) is 0 Å². The van der Waals surface area contributed by atoms with Crippen molar-refractivity contribution < 1.29 is 28.6 Å². The summed E-state index contributed by atoms with van der Waals surface area (Å²) in [6.07, 6.45) is 100. The number of hydrogen-bond donors (Lipinski definition) is 0. The minimum Gasteiger partial charge on any atom is -0.462 e. The van der Waals surface area contributed by atoms with Crippen LogP contribution in [0.2, 0.25) is 0 Å².